The van der Waals surface area contributed by atoms with E-state index in [0.717, 1.165) is 26.0 Å². The van der Waals surface area contributed by atoms with E-state index in [0.29, 0.717) is 24.2 Å². The third-order valence-corrected chi connectivity index (χ3v) is 4.91. The van der Waals surface area contributed by atoms with Crippen LogP contribution in [0.25, 0.3) is 0 Å². The number of methoxy groups -OCH3 is 1. The monoisotopic (exact) mass is 271 g/mol. The summed E-state index contributed by atoms with van der Waals surface area (Å²) < 4.78 is 10.8. The van der Waals surface area contributed by atoms with Crippen molar-refractivity contribution in [2.75, 3.05) is 26.9 Å². The second-order valence-corrected chi connectivity index (χ2v) is 6.02. The summed E-state index contributed by atoms with van der Waals surface area (Å²) >= 11 is 0. The molecule has 19 heavy (non-hydrogen) atoms. The summed E-state index contributed by atoms with van der Waals surface area (Å²) in [7, 11) is 1.63. The fourth-order valence-corrected chi connectivity index (χ4v) is 3.87. The second kappa shape index (κ2) is 7.02. The van der Waals surface area contributed by atoms with Gasteiger partial charge in [0.2, 0.25) is 0 Å². The first-order chi connectivity index (χ1) is 9.23. The molecule has 0 heterocycles. The number of nitrogens with one attached hydrogen (secondary N) is 1. The molecule has 0 amide bonds. The lowest BCUT2D eigenvalue weighted by atomic mass is 9.60. The van der Waals surface area contributed by atoms with Gasteiger partial charge in [-0.05, 0) is 39.2 Å². The Bertz CT molecular complexity index is 266. The van der Waals surface area contributed by atoms with Crippen molar-refractivity contribution in [1.29, 1.82) is 0 Å². The first-order valence-electron chi connectivity index (χ1n) is 7.75. The van der Waals surface area contributed by atoms with Crippen LogP contribution in [0.15, 0.2) is 0 Å². The molecule has 0 aromatic carbocycles. The minimum atomic E-state index is -0.347. The average molecular weight is 271 g/mol. The predicted molar refractivity (Wildman–Crippen MR) is 75.2 cm³/mol. The first-order valence-corrected chi connectivity index (χ1v) is 7.75. The van der Waals surface area contributed by atoms with Gasteiger partial charge in [-0.3, -0.25) is 0 Å². The summed E-state index contributed by atoms with van der Waals surface area (Å²) in [6.07, 6.45) is 7.29. The molecule has 4 heteroatoms. The van der Waals surface area contributed by atoms with Crippen LogP contribution >= 0.6 is 0 Å². The van der Waals surface area contributed by atoms with E-state index in [1.54, 1.807) is 7.11 Å². The lowest BCUT2D eigenvalue weighted by Gasteiger charge is -2.54. The summed E-state index contributed by atoms with van der Waals surface area (Å²) in [5.74, 6) is 0. The Kier molecular flexibility index (Phi) is 5.63. The smallest absolute Gasteiger partial charge is 0.0785 e. The Morgan fingerprint density at radius 3 is 2.74 bits per heavy atom. The van der Waals surface area contributed by atoms with Gasteiger partial charge in [0.15, 0.2) is 0 Å². The number of aliphatic hydroxyl groups excluding tert-OH is 1. The van der Waals surface area contributed by atoms with Gasteiger partial charge < -0.3 is 19.9 Å². The largest absolute Gasteiger partial charge is 0.391 e. The maximum absolute atomic E-state index is 9.66. The third-order valence-electron chi connectivity index (χ3n) is 4.91. The van der Waals surface area contributed by atoms with Crippen LogP contribution in [-0.2, 0) is 9.47 Å². The maximum Gasteiger partial charge on any atom is 0.0785 e. The number of hydrogen-bond acceptors (Lipinski definition) is 4. The summed E-state index contributed by atoms with van der Waals surface area (Å²) in [4.78, 5) is 0. The predicted octanol–water partition coefficient (Wildman–Crippen LogP) is 1.71. The molecule has 2 aliphatic carbocycles. The van der Waals surface area contributed by atoms with Crippen molar-refractivity contribution in [2.45, 2.75) is 63.7 Å². The van der Waals surface area contributed by atoms with Gasteiger partial charge in [0.1, 0.15) is 0 Å². The van der Waals surface area contributed by atoms with Crippen LogP contribution in [0.3, 0.4) is 0 Å². The van der Waals surface area contributed by atoms with E-state index in [4.69, 9.17) is 9.47 Å². The first kappa shape index (κ1) is 15.2. The highest BCUT2D eigenvalue weighted by Crippen LogP contribution is 2.54. The standard InChI is InChI=1S/C15H29NO3/c1-3-19-14-10-13(15(14)7-4-5-8-15)16-9-6-12(17)11-18-2/h12-14,16-17H,3-11H2,1-2H3. The summed E-state index contributed by atoms with van der Waals surface area (Å²) in [5.41, 5.74) is 0.391. The highest BCUT2D eigenvalue weighted by atomic mass is 16.5. The molecule has 0 saturated heterocycles. The van der Waals surface area contributed by atoms with E-state index < -0.39 is 0 Å². The zero-order valence-electron chi connectivity index (χ0n) is 12.4. The lowest BCUT2D eigenvalue weighted by Crippen LogP contribution is -2.62. The van der Waals surface area contributed by atoms with Crippen LogP contribution in [0.1, 0.15) is 45.4 Å². The van der Waals surface area contributed by atoms with Crippen molar-refractivity contribution in [3.8, 4) is 0 Å². The van der Waals surface area contributed by atoms with Gasteiger partial charge >= 0.3 is 0 Å². The molecule has 0 radical (unpaired) electrons. The Balaban J connectivity index is 1.75. The molecule has 0 aromatic rings. The zero-order valence-corrected chi connectivity index (χ0v) is 12.4. The normalized spacial score (nSPS) is 30.5. The quantitative estimate of drug-likeness (QED) is 0.705. The summed E-state index contributed by atoms with van der Waals surface area (Å²) in [6.45, 7) is 4.21. The molecule has 3 atom stereocenters. The van der Waals surface area contributed by atoms with Gasteiger partial charge in [-0.2, -0.15) is 0 Å². The minimum Gasteiger partial charge on any atom is -0.391 e. The van der Waals surface area contributed by atoms with Crippen molar-refractivity contribution < 1.29 is 14.6 Å². The van der Waals surface area contributed by atoms with Gasteiger partial charge in [-0.1, -0.05) is 12.8 Å². The van der Waals surface area contributed by atoms with Gasteiger partial charge in [-0.25, -0.2) is 0 Å². The van der Waals surface area contributed by atoms with E-state index in [1.165, 1.54) is 25.7 Å². The third kappa shape index (κ3) is 3.30. The molecule has 0 aliphatic heterocycles. The van der Waals surface area contributed by atoms with Gasteiger partial charge in [0.05, 0.1) is 18.8 Å². The fraction of sp³-hybridized carbons (Fsp3) is 1.00. The molecule has 0 bridgehead atoms. The van der Waals surface area contributed by atoms with Crippen molar-refractivity contribution in [2.24, 2.45) is 5.41 Å². The molecule has 112 valence electrons. The fourth-order valence-electron chi connectivity index (χ4n) is 3.87. The molecule has 3 unspecified atom stereocenters. The number of hydrogen-bond donors (Lipinski definition) is 2. The molecule has 0 aromatic heterocycles. The topological polar surface area (TPSA) is 50.7 Å². The van der Waals surface area contributed by atoms with E-state index >= 15 is 0 Å². The Labute approximate surface area is 116 Å². The van der Waals surface area contributed by atoms with Gasteiger partial charge in [-0.15, -0.1) is 0 Å². The van der Waals surface area contributed by atoms with E-state index in [1.807, 2.05) is 0 Å². The number of aliphatic hydroxyl groups is 1. The lowest BCUT2D eigenvalue weighted by molar-refractivity contribution is -0.130. The summed E-state index contributed by atoms with van der Waals surface area (Å²) in [6, 6.07) is 0.585. The molecule has 2 saturated carbocycles. The van der Waals surface area contributed by atoms with Crippen molar-refractivity contribution in [1.82, 2.24) is 5.32 Å². The molecule has 4 nitrogen and oxygen atoms in total. The SMILES string of the molecule is CCOC1CC(NCCC(O)COC)C12CCCC2. The Morgan fingerprint density at radius 2 is 2.11 bits per heavy atom. The van der Waals surface area contributed by atoms with E-state index in [-0.39, 0.29) is 6.10 Å². The summed E-state index contributed by atoms with van der Waals surface area (Å²) in [5, 5.41) is 13.3. The molecular formula is C15H29NO3. The Morgan fingerprint density at radius 1 is 1.37 bits per heavy atom. The molecular weight excluding hydrogens is 242 g/mol. The van der Waals surface area contributed by atoms with Crippen molar-refractivity contribution in [3.63, 3.8) is 0 Å². The number of ether oxygens (including phenoxy) is 2. The van der Waals surface area contributed by atoms with Crippen molar-refractivity contribution in [3.05, 3.63) is 0 Å². The van der Waals surface area contributed by atoms with E-state index in [9.17, 15) is 5.11 Å². The molecule has 2 aliphatic rings. The Hall–Kier alpha value is -0.160. The van der Waals surface area contributed by atoms with E-state index in [2.05, 4.69) is 12.2 Å². The molecule has 2 N–H and O–H groups in total. The highest BCUT2D eigenvalue weighted by Gasteiger charge is 2.56. The van der Waals surface area contributed by atoms with Crippen LogP contribution in [-0.4, -0.2) is 50.2 Å². The molecule has 1 spiro atoms. The highest BCUT2D eigenvalue weighted by molar-refractivity contribution is 5.09. The van der Waals surface area contributed by atoms with Crippen LogP contribution in [0.5, 0.6) is 0 Å². The van der Waals surface area contributed by atoms with Crippen LogP contribution in [0, 0.1) is 5.41 Å². The second-order valence-electron chi connectivity index (χ2n) is 6.02. The van der Waals surface area contributed by atoms with Gasteiger partial charge in [0.25, 0.3) is 0 Å². The van der Waals surface area contributed by atoms with Crippen molar-refractivity contribution >= 4 is 0 Å². The maximum atomic E-state index is 9.66. The average Bonchev–Trinajstić information content (AvgIpc) is 2.89. The molecule has 2 fully saturated rings. The molecule has 2 rings (SSSR count). The minimum absolute atomic E-state index is 0.347. The van der Waals surface area contributed by atoms with Crippen LogP contribution < -0.4 is 5.32 Å². The zero-order chi connectivity index (χ0) is 13.7. The van der Waals surface area contributed by atoms with Gasteiger partial charge in [0, 0.05) is 25.2 Å². The number of rotatable bonds is 8. The van der Waals surface area contributed by atoms with Crippen LogP contribution in [0.4, 0.5) is 0 Å². The van der Waals surface area contributed by atoms with Crippen LogP contribution in [0.2, 0.25) is 0 Å².